The predicted molar refractivity (Wildman–Crippen MR) is 168 cm³/mol. The van der Waals surface area contributed by atoms with Gasteiger partial charge in [0.25, 0.3) is 5.91 Å². The van der Waals surface area contributed by atoms with E-state index in [0.717, 1.165) is 31.7 Å². The molecule has 0 aliphatic heterocycles. The third kappa shape index (κ3) is 10.1. The highest BCUT2D eigenvalue weighted by Gasteiger charge is 2.49. The minimum absolute atomic E-state index is 0.00798. The Bertz CT molecular complexity index is 1030. The lowest BCUT2D eigenvalue weighted by molar-refractivity contribution is -0.136. The molecule has 5 rings (SSSR count). The number of methoxy groups -OCH3 is 1. The van der Waals surface area contributed by atoms with Crippen molar-refractivity contribution in [3.05, 3.63) is 29.0 Å². The molecule has 4 aliphatic rings. The van der Waals surface area contributed by atoms with Gasteiger partial charge in [0.15, 0.2) is 6.61 Å². The molecule has 5 atom stereocenters. The smallest absolute Gasteiger partial charge is 0.258 e. The van der Waals surface area contributed by atoms with E-state index in [9.17, 15) is 14.0 Å². The molecule has 4 saturated carbocycles. The first-order valence-electron chi connectivity index (χ1n) is 16.7. The maximum absolute atomic E-state index is 13.7. The molecule has 43 heavy (non-hydrogen) atoms. The van der Waals surface area contributed by atoms with Gasteiger partial charge in [-0.15, -0.1) is 0 Å². The van der Waals surface area contributed by atoms with Crippen molar-refractivity contribution in [1.82, 2.24) is 16.0 Å². The maximum atomic E-state index is 13.7. The van der Waals surface area contributed by atoms with Gasteiger partial charge in [-0.1, -0.05) is 76.8 Å². The number of nitrogens with one attached hydrogen (secondary N) is 3. The SMILES string of the molecule is CCC(CNC(=O)[C@@H]1CC(NC(=O)COc2ccc(Cl)c(F)c2)C2CC1C2)CNC(OC)C(C)CC1CCCCCCC1. The molecule has 2 bridgehead atoms. The minimum atomic E-state index is -0.587. The molecule has 0 radical (unpaired) electrons. The second-order valence-corrected chi connectivity index (χ2v) is 13.8. The lowest BCUT2D eigenvalue weighted by Gasteiger charge is -2.50. The van der Waals surface area contributed by atoms with E-state index in [-0.39, 0.29) is 47.4 Å². The lowest BCUT2D eigenvalue weighted by atomic mass is 9.57. The number of hydrogen-bond donors (Lipinski definition) is 3. The summed E-state index contributed by atoms with van der Waals surface area (Å²) < 4.78 is 25.0. The van der Waals surface area contributed by atoms with Crippen LogP contribution in [0, 0.1) is 41.3 Å². The molecule has 0 spiro atoms. The van der Waals surface area contributed by atoms with Crippen LogP contribution in [0.4, 0.5) is 4.39 Å². The van der Waals surface area contributed by atoms with Gasteiger partial charge in [0.1, 0.15) is 17.8 Å². The molecule has 242 valence electrons. The Hall–Kier alpha value is -1.90. The molecular formula is C34H53ClFN3O4. The summed E-state index contributed by atoms with van der Waals surface area (Å²) in [5.74, 6) is 1.74. The number of benzene rings is 1. The molecule has 3 N–H and O–H groups in total. The number of halogens is 2. The lowest BCUT2D eigenvalue weighted by Crippen LogP contribution is -2.57. The highest BCUT2D eigenvalue weighted by molar-refractivity contribution is 6.30. The highest BCUT2D eigenvalue weighted by atomic mass is 35.5. The summed E-state index contributed by atoms with van der Waals surface area (Å²) in [5.41, 5.74) is 0. The normalized spacial score (nSPS) is 26.3. The van der Waals surface area contributed by atoms with Crippen LogP contribution in [0.25, 0.3) is 0 Å². The van der Waals surface area contributed by atoms with E-state index in [1.807, 2.05) is 0 Å². The van der Waals surface area contributed by atoms with Crippen molar-refractivity contribution in [3.63, 3.8) is 0 Å². The molecule has 2 amide bonds. The van der Waals surface area contributed by atoms with Crippen molar-refractivity contribution in [2.75, 3.05) is 26.8 Å². The fraction of sp³-hybridized carbons (Fsp3) is 0.765. The zero-order valence-corrected chi connectivity index (χ0v) is 27.1. The van der Waals surface area contributed by atoms with Crippen molar-refractivity contribution in [1.29, 1.82) is 0 Å². The summed E-state index contributed by atoms with van der Waals surface area (Å²) in [6.07, 6.45) is 14.3. The fourth-order valence-corrected chi connectivity index (χ4v) is 7.57. The Morgan fingerprint density at radius 3 is 2.44 bits per heavy atom. The first kappa shape index (κ1) is 34.0. The third-order valence-corrected chi connectivity index (χ3v) is 10.6. The van der Waals surface area contributed by atoms with Crippen LogP contribution in [0.2, 0.25) is 5.02 Å². The van der Waals surface area contributed by atoms with Gasteiger partial charge in [-0.25, -0.2) is 4.39 Å². The van der Waals surface area contributed by atoms with E-state index < -0.39 is 5.82 Å². The Balaban J connectivity index is 1.18. The standard InChI is InChI=1S/C34H53ClFN3O4/c1-4-23(20-38-34(42-3)22(2)14-24-10-8-6-5-7-9-11-24)19-37-33(41)28-18-31(26-15-25(28)16-26)39-32(40)21-43-27-12-13-29(35)30(36)17-27/h12-13,17,22-26,28,31,34,38H,4-11,14-16,18-21H2,1-3H3,(H,37,41)(H,39,40)/t22?,23?,25?,26?,28-,31?,34?/m1/s1. The Labute approximate surface area is 262 Å². The molecule has 0 heterocycles. The zero-order valence-electron chi connectivity index (χ0n) is 26.3. The quantitative estimate of drug-likeness (QED) is 0.195. The number of rotatable bonds is 15. The Kier molecular flexibility index (Phi) is 13.4. The third-order valence-electron chi connectivity index (χ3n) is 10.3. The first-order valence-corrected chi connectivity index (χ1v) is 17.1. The van der Waals surface area contributed by atoms with E-state index in [0.29, 0.717) is 36.6 Å². The van der Waals surface area contributed by atoms with Crippen molar-refractivity contribution in [2.45, 2.75) is 103 Å². The summed E-state index contributed by atoms with van der Waals surface area (Å²) >= 11 is 5.71. The monoisotopic (exact) mass is 621 g/mol. The van der Waals surface area contributed by atoms with E-state index in [1.54, 1.807) is 7.11 Å². The van der Waals surface area contributed by atoms with Crippen LogP contribution in [0.1, 0.15) is 90.9 Å². The predicted octanol–water partition coefficient (Wildman–Crippen LogP) is 6.48. The summed E-state index contributed by atoms with van der Waals surface area (Å²) in [6.45, 7) is 5.69. The molecular weight excluding hydrogens is 569 g/mol. The van der Waals surface area contributed by atoms with Crippen LogP contribution in [0.15, 0.2) is 18.2 Å². The Morgan fingerprint density at radius 2 is 1.77 bits per heavy atom. The summed E-state index contributed by atoms with van der Waals surface area (Å²) in [6, 6.07) is 4.05. The molecule has 1 aromatic rings. The topological polar surface area (TPSA) is 88.7 Å². The fourth-order valence-electron chi connectivity index (χ4n) is 7.45. The number of ether oxygens (including phenoxy) is 2. The highest BCUT2D eigenvalue weighted by Crippen LogP contribution is 2.49. The van der Waals surface area contributed by atoms with Crippen LogP contribution in [-0.4, -0.2) is 50.9 Å². The molecule has 0 saturated heterocycles. The minimum Gasteiger partial charge on any atom is -0.484 e. The van der Waals surface area contributed by atoms with Gasteiger partial charge in [-0.2, -0.15) is 0 Å². The second kappa shape index (κ2) is 17.0. The molecule has 4 aliphatic carbocycles. The average Bonchev–Trinajstić information content (AvgIpc) is 2.96. The number of amides is 2. The molecule has 7 nitrogen and oxygen atoms in total. The molecule has 1 aromatic carbocycles. The van der Waals surface area contributed by atoms with Crippen LogP contribution >= 0.6 is 11.6 Å². The maximum Gasteiger partial charge on any atom is 0.258 e. The molecule has 0 aromatic heterocycles. The van der Waals surface area contributed by atoms with E-state index >= 15 is 0 Å². The molecule has 4 unspecified atom stereocenters. The van der Waals surface area contributed by atoms with Gasteiger partial charge < -0.3 is 20.1 Å². The zero-order chi connectivity index (χ0) is 30.8. The van der Waals surface area contributed by atoms with Crippen molar-refractivity contribution in [3.8, 4) is 5.75 Å². The largest absolute Gasteiger partial charge is 0.484 e. The van der Waals surface area contributed by atoms with Crippen LogP contribution < -0.4 is 20.7 Å². The summed E-state index contributed by atoms with van der Waals surface area (Å²) in [5, 5.41) is 9.96. The van der Waals surface area contributed by atoms with Crippen LogP contribution in [-0.2, 0) is 14.3 Å². The van der Waals surface area contributed by atoms with Crippen molar-refractivity contribution in [2.24, 2.45) is 35.5 Å². The molecule has 4 fully saturated rings. The van der Waals surface area contributed by atoms with Gasteiger partial charge in [-0.3, -0.25) is 14.9 Å². The molecule has 9 heteroatoms. The number of carbonyl (C=O) groups is 2. The van der Waals surface area contributed by atoms with Crippen LogP contribution in [0.3, 0.4) is 0 Å². The van der Waals surface area contributed by atoms with E-state index in [2.05, 4.69) is 29.8 Å². The van der Waals surface area contributed by atoms with Crippen molar-refractivity contribution < 1.29 is 23.5 Å². The van der Waals surface area contributed by atoms with Gasteiger partial charge in [0, 0.05) is 38.2 Å². The average molecular weight is 622 g/mol. The van der Waals surface area contributed by atoms with Crippen LogP contribution in [0.5, 0.6) is 5.75 Å². The Morgan fingerprint density at radius 1 is 1.05 bits per heavy atom. The first-order chi connectivity index (χ1) is 20.8. The van der Waals surface area contributed by atoms with Gasteiger partial charge in [0.2, 0.25) is 5.91 Å². The summed E-state index contributed by atoms with van der Waals surface area (Å²) in [4.78, 5) is 25.9. The number of hydrogen-bond acceptors (Lipinski definition) is 5. The second-order valence-electron chi connectivity index (χ2n) is 13.4. The van der Waals surface area contributed by atoms with Gasteiger partial charge >= 0.3 is 0 Å². The number of carbonyl (C=O) groups excluding carboxylic acids is 2. The van der Waals surface area contributed by atoms with Crippen molar-refractivity contribution >= 4 is 23.4 Å². The van der Waals surface area contributed by atoms with E-state index in [4.69, 9.17) is 21.1 Å². The summed E-state index contributed by atoms with van der Waals surface area (Å²) in [7, 11) is 1.79. The number of fused-ring (bicyclic) bond motifs is 2. The van der Waals surface area contributed by atoms with Gasteiger partial charge in [-0.05, 0) is 67.4 Å². The van der Waals surface area contributed by atoms with E-state index in [1.165, 1.54) is 69.6 Å². The van der Waals surface area contributed by atoms with Gasteiger partial charge in [0.05, 0.1) is 5.02 Å².